The number of pyridine rings is 1. The van der Waals surface area contributed by atoms with Crippen molar-refractivity contribution in [3.63, 3.8) is 0 Å². The van der Waals surface area contributed by atoms with Gasteiger partial charge in [-0.15, -0.1) is 11.8 Å². The van der Waals surface area contributed by atoms with Crippen LogP contribution in [-0.4, -0.2) is 33.5 Å². The third-order valence-electron chi connectivity index (χ3n) is 2.82. The standard InChI is InChI=1S/C14H21NO3S/c1-10-9-11(2)15-13(12(10)14(17)18)19-8-6-4-3-5-7-16/h9,16H,3-8H2,1-2H3,(H,17,18). The molecule has 1 aromatic rings. The average Bonchev–Trinajstić information content (AvgIpc) is 2.32. The van der Waals surface area contributed by atoms with E-state index in [1.165, 1.54) is 11.8 Å². The van der Waals surface area contributed by atoms with Crippen molar-refractivity contribution < 1.29 is 15.0 Å². The molecule has 19 heavy (non-hydrogen) atoms. The Hall–Kier alpha value is -1.07. The Morgan fingerprint density at radius 2 is 1.95 bits per heavy atom. The van der Waals surface area contributed by atoms with Crippen molar-refractivity contribution in [2.24, 2.45) is 0 Å². The highest BCUT2D eigenvalue weighted by molar-refractivity contribution is 7.99. The number of aliphatic hydroxyl groups is 1. The van der Waals surface area contributed by atoms with Crippen LogP contribution in [0.1, 0.15) is 47.3 Å². The van der Waals surface area contributed by atoms with E-state index in [-0.39, 0.29) is 6.61 Å². The molecule has 4 nitrogen and oxygen atoms in total. The van der Waals surface area contributed by atoms with E-state index in [0.717, 1.165) is 42.7 Å². The van der Waals surface area contributed by atoms with Crippen LogP contribution < -0.4 is 0 Å². The van der Waals surface area contributed by atoms with Crippen molar-refractivity contribution >= 4 is 17.7 Å². The molecule has 0 aromatic carbocycles. The number of hydrogen-bond acceptors (Lipinski definition) is 4. The molecule has 0 saturated heterocycles. The number of aliphatic hydroxyl groups excluding tert-OH is 1. The summed E-state index contributed by atoms with van der Waals surface area (Å²) in [6, 6.07) is 1.80. The molecular formula is C14H21NO3S. The minimum Gasteiger partial charge on any atom is -0.478 e. The average molecular weight is 283 g/mol. The Bertz CT molecular complexity index is 435. The van der Waals surface area contributed by atoms with Gasteiger partial charge in [0.2, 0.25) is 0 Å². The molecule has 2 N–H and O–H groups in total. The normalized spacial score (nSPS) is 10.7. The van der Waals surface area contributed by atoms with E-state index >= 15 is 0 Å². The summed E-state index contributed by atoms with van der Waals surface area (Å²) < 4.78 is 0. The minimum atomic E-state index is -0.909. The highest BCUT2D eigenvalue weighted by Gasteiger charge is 2.15. The second-order valence-electron chi connectivity index (χ2n) is 4.55. The second-order valence-corrected chi connectivity index (χ2v) is 5.64. The number of aromatic carboxylic acids is 1. The third-order valence-corrected chi connectivity index (χ3v) is 3.88. The Labute approximate surface area is 118 Å². The molecule has 106 valence electrons. The van der Waals surface area contributed by atoms with Crippen LogP contribution >= 0.6 is 11.8 Å². The molecule has 0 bridgehead atoms. The molecule has 1 heterocycles. The number of thioether (sulfide) groups is 1. The number of unbranched alkanes of at least 4 members (excludes halogenated alkanes) is 3. The zero-order valence-electron chi connectivity index (χ0n) is 11.5. The summed E-state index contributed by atoms with van der Waals surface area (Å²) in [5.41, 5.74) is 1.94. The highest BCUT2D eigenvalue weighted by atomic mass is 32.2. The lowest BCUT2D eigenvalue weighted by atomic mass is 10.1. The number of rotatable bonds is 8. The molecular weight excluding hydrogens is 262 g/mol. The predicted octanol–water partition coefficient (Wildman–Crippen LogP) is 3.04. The van der Waals surface area contributed by atoms with E-state index < -0.39 is 5.97 Å². The van der Waals surface area contributed by atoms with Crippen LogP contribution in [0.2, 0.25) is 0 Å². The maximum absolute atomic E-state index is 11.2. The number of aryl methyl sites for hydroxylation is 2. The molecule has 0 fully saturated rings. The molecule has 0 aliphatic rings. The van der Waals surface area contributed by atoms with Crippen LogP contribution in [0.15, 0.2) is 11.1 Å². The molecule has 1 rings (SSSR count). The second kappa shape index (κ2) is 8.17. The quantitative estimate of drug-likeness (QED) is 0.567. The lowest BCUT2D eigenvalue weighted by Crippen LogP contribution is -2.05. The molecule has 0 radical (unpaired) electrons. The zero-order chi connectivity index (χ0) is 14.3. The van der Waals surface area contributed by atoms with Crippen LogP contribution in [0.4, 0.5) is 0 Å². The molecule has 1 aromatic heterocycles. The van der Waals surface area contributed by atoms with Crippen LogP contribution in [-0.2, 0) is 0 Å². The van der Waals surface area contributed by atoms with Crippen molar-refractivity contribution in [2.45, 2.75) is 44.6 Å². The molecule has 0 unspecified atom stereocenters. The molecule has 0 aliphatic carbocycles. The van der Waals surface area contributed by atoms with Gasteiger partial charge in [0.05, 0.1) is 5.56 Å². The molecule has 0 atom stereocenters. The van der Waals surface area contributed by atoms with Crippen LogP contribution in [0.3, 0.4) is 0 Å². The fraction of sp³-hybridized carbons (Fsp3) is 0.571. The number of aromatic nitrogens is 1. The number of hydrogen-bond donors (Lipinski definition) is 2. The van der Waals surface area contributed by atoms with Gasteiger partial charge in [-0.05, 0) is 44.1 Å². The first-order valence-electron chi connectivity index (χ1n) is 6.51. The smallest absolute Gasteiger partial charge is 0.338 e. The van der Waals surface area contributed by atoms with Crippen molar-refractivity contribution in [1.29, 1.82) is 0 Å². The van der Waals surface area contributed by atoms with E-state index in [9.17, 15) is 9.90 Å². The highest BCUT2D eigenvalue weighted by Crippen LogP contribution is 2.25. The van der Waals surface area contributed by atoms with Gasteiger partial charge in [-0.3, -0.25) is 0 Å². The van der Waals surface area contributed by atoms with Gasteiger partial charge in [0.15, 0.2) is 0 Å². The summed E-state index contributed by atoms with van der Waals surface area (Å²) in [5, 5.41) is 18.5. The van der Waals surface area contributed by atoms with Crippen molar-refractivity contribution in [2.75, 3.05) is 12.4 Å². The predicted molar refractivity (Wildman–Crippen MR) is 76.9 cm³/mol. The van der Waals surface area contributed by atoms with Crippen molar-refractivity contribution in [3.05, 3.63) is 22.9 Å². The number of carboxylic acid groups (broad SMARTS) is 1. The summed E-state index contributed by atoms with van der Waals surface area (Å²) >= 11 is 1.51. The monoisotopic (exact) mass is 283 g/mol. The van der Waals surface area contributed by atoms with Crippen LogP contribution in [0.5, 0.6) is 0 Å². The fourth-order valence-electron chi connectivity index (χ4n) is 1.90. The first-order valence-corrected chi connectivity index (χ1v) is 7.50. The van der Waals surface area contributed by atoms with E-state index in [1.807, 2.05) is 13.8 Å². The molecule has 5 heteroatoms. The van der Waals surface area contributed by atoms with Gasteiger partial charge >= 0.3 is 5.97 Å². The van der Waals surface area contributed by atoms with Gasteiger partial charge < -0.3 is 10.2 Å². The Morgan fingerprint density at radius 3 is 2.58 bits per heavy atom. The molecule has 0 saturated carbocycles. The molecule has 0 spiro atoms. The summed E-state index contributed by atoms with van der Waals surface area (Å²) in [6.45, 7) is 3.93. The zero-order valence-corrected chi connectivity index (χ0v) is 12.3. The van der Waals surface area contributed by atoms with E-state index in [4.69, 9.17) is 5.11 Å². The van der Waals surface area contributed by atoms with Gasteiger partial charge in [-0.1, -0.05) is 12.8 Å². The maximum Gasteiger partial charge on any atom is 0.338 e. The fourth-order valence-corrected chi connectivity index (χ4v) is 3.05. The van der Waals surface area contributed by atoms with Gasteiger partial charge in [0.25, 0.3) is 0 Å². The van der Waals surface area contributed by atoms with Crippen molar-refractivity contribution in [3.8, 4) is 0 Å². The first kappa shape index (κ1) is 16.0. The Morgan fingerprint density at radius 1 is 1.26 bits per heavy atom. The first-order chi connectivity index (χ1) is 9.06. The summed E-state index contributed by atoms with van der Waals surface area (Å²) in [4.78, 5) is 15.6. The van der Waals surface area contributed by atoms with Crippen molar-refractivity contribution in [1.82, 2.24) is 4.98 Å². The molecule has 0 aliphatic heterocycles. The van der Waals surface area contributed by atoms with Crippen LogP contribution in [0.25, 0.3) is 0 Å². The lowest BCUT2D eigenvalue weighted by Gasteiger charge is -2.09. The lowest BCUT2D eigenvalue weighted by molar-refractivity contribution is 0.0691. The van der Waals surface area contributed by atoms with E-state index in [1.54, 1.807) is 6.07 Å². The topological polar surface area (TPSA) is 70.4 Å². The van der Waals surface area contributed by atoms with Gasteiger partial charge in [-0.2, -0.15) is 0 Å². The number of carboxylic acids is 1. The summed E-state index contributed by atoms with van der Waals surface area (Å²) in [6.07, 6.45) is 3.93. The van der Waals surface area contributed by atoms with Gasteiger partial charge in [-0.25, -0.2) is 9.78 Å². The number of nitrogens with zero attached hydrogens (tertiary/aromatic N) is 1. The minimum absolute atomic E-state index is 0.245. The largest absolute Gasteiger partial charge is 0.478 e. The SMILES string of the molecule is Cc1cc(C)c(C(=O)O)c(SCCCCCCO)n1. The molecule has 0 amide bonds. The van der Waals surface area contributed by atoms with E-state index in [2.05, 4.69) is 4.98 Å². The maximum atomic E-state index is 11.2. The van der Waals surface area contributed by atoms with Gasteiger partial charge in [0.1, 0.15) is 5.03 Å². The van der Waals surface area contributed by atoms with Gasteiger partial charge in [0, 0.05) is 12.3 Å². The summed E-state index contributed by atoms with van der Waals surface area (Å²) in [5.74, 6) is -0.0468. The Kier molecular flexibility index (Phi) is 6.87. The Balaban J connectivity index is 2.59. The third kappa shape index (κ3) is 5.20. The van der Waals surface area contributed by atoms with E-state index in [0.29, 0.717) is 10.6 Å². The summed E-state index contributed by atoms with van der Waals surface area (Å²) in [7, 11) is 0. The number of carbonyl (C=O) groups is 1. The van der Waals surface area contributed by atoms with Crippen LogP contribution in [0, 0.1) is 13.8 Å².